The van der Waals surface area contributed by atoms with Crippen molar-refractivity contribution in [3.63, 3.8) is 0 Å². The number of nitrogens with one attached hydrogen (secondary N) is 1. The molecule has 1 aliphatic rings. The number of carbonyl (C=O) groups excluding carboxylic acids is 2. The van der Waals surface area contributed by atoms with Crippen LogP contribution in [0, 0.1) is 5.92 Å². The Labute approximate surface area is 195 Å². The molecule has 184 valence electrons. The van der Waals surface area contributed by atoms with Gasteiger partial charge < -0.3 is 11.1 Å². The number of Topliss-reactive ketones (excluding diaryl/α,β-unsaturated/α-hetero) is 1. The molecule has 3 N–H and O–H groups in total. The first-order valence-corrected chi connectivity index (χ1v) is 10.5. The molecule has 12 heteroatoms. The molecule has 1 heterocycles. The van der Waals surface area contributed by atoms with Gasteiger partial charge >= 0.3 is 12.4 Å². The monoisotopic (exact) mass is 507 g/mol. The van der Waals surface area contributed by atoms with E-state index < -0.39 is 59.4 Å². The lowest BCUT2D eigenvalue weighted by Gasteiger charge is -2.24. The first-order valence-electron chi connectivity index (χ1n) is 10.1. The zero-order valence-corrected chi connectivity index (χ0v) is 18.3. The lowest BCUT2D eigenvalue weighted by atomic mass is 10.00. The van der Waals surface area contributed by atoms with E-state index in [1.165, 1.54) is 0 Å². The van der Waals surface area contributed by atoms with Crippen LogP contribution in [-0.2, 0) is 23.7 Å². The van der Waals surface area contributed by atoms with Gasteiger partial charge in [0.15, 0.2) is 5.78 Å². The number of amides is 1. The van der Waals surface area contributed by atoms with Gasteiger partial charge in [0, 0.05) is 29.6 Å². The summed E-state index contributed by atoms with van der Waals surface area (Å²) in [6.45, 7) is 0.374. The summed E-state index contributed by atoms with van der Waals surface area (Å²) in [4.78, 5) is 26.7. The fraction of sp³-hybridized carbons (Fsp3) is 0.364. The number of benzene rings is 2. The number of carbonyl (C=O) groups is 2. The SMILES string of the molecule is N[C@@H]1C(C(=O)CNC(=O)c2cc(C(F)(F)F)cc(C(F)(F)F)c2)CCN1Cc1ccc(Cl)cc1. The van der Waals surface area contributed by atoms with Crippen LogP contribution in [-0.4, -0.2) is 35.8 Å². The molecule has 0 spiro atoms. The van der Waals surface area contributed by atoms with E-state index in [0.29, 0.717) is 36.7 Å². The molecule has 0 radical (unpaired) electrons. The van der Waals surface area contributed by atoms with Crippen LogP contribution in [0.2, 0.25) is 5.02 Å². The van der Waals surface area contributed by atoms with E-state index in [0.717, 1.165) is 5.56 Å². The van der Waals surface area contributed by atoms with Gasteiger partial charge in [-0.3, -0.25) is 14.5 Å². The molecule has 5 nitrogen and oxygen atoms in total. The minimum absolute atomic E-state index is 0.0747. The van der Waals surface area contributed by atoms with Crippen molar-refractivity contribution in [2.45, 2.75) is 31.5 Å². The van der Waals surface area contributed by atoms with E-state index in [-0.39, 0.29) is 6.07 Å². The highest BCUT2D eigenvalue weighted by Crippen LogP contribution is 2.36. The second-order valence-electron chi connectivity index (χ2n) is 7.93. The van der Waals surface area contributed by atoms with Crippen LogP contribution < -0.4 is 11.1 Å². The van der Waals surface area contributed by atoms with E-state index in [1.54, 1.807) is 12.1 Å². The Morgan fingerprint density at radius 1 is 1.00 bits per heavy atom. The van der Waals surface area contributed by atoms with Crippen molar-refractivity contribution in [1.82, 2.24) is 10.2 Å². The molecule has 0 aromatic heterocycles. The highest BCUT2D eigenvalue weighted by Gasteiger charge is 2.38. The lowest BCUT2D eigenvalue weighted by Crippen LogP contribution is -2.44. The fourth-order valence-corrected chi connectivity index (χ4v) is 3.85. The summed E-state index contributed by atoms with van der Waals surface area (Å²) in [6, 6.07) is 7.61. The summed E-state index contributed by atoms with van der Waals surface area (Å²) in [5.41, 5.74) is 3.01. The van der Waals surface area contributed by atoms with Gasteiger partial charge in [-0.2, -0.15) is 26.3 Å². The van der Waals surface area contributed by atoms with Gasteiger partial charge in [-0.15, -0.1) is 0 Å². The Bertz CT molecular complexity index is 1020. The van der Waals surface area contributed by atoms with Gasteiger partial charge in [0.1, 0.15) is 0 Å². The van der Waals surface area contributed by atoms with Gasteiger partial charge in [0.2, 0.25) is 0 Å². The topological polar surface area (TPSA) is 75.4 Å². The number of likely N-dealkylation sites (tertiary alicyclic amines) is 1. The molecule has 34 heavy (non-hydrogen) atoms. The van der Waals surface area contributed by atoms with Crippen molar-refractivity contribution in [3.05, 3.63) is 69.7 Å². The van der Waals surface area contributed by atoms with Crippen molar-refractivity contribution in [2.24, 2.45) is 11.7 Å². The number of nitrogens with two attached hydrogens (primary N) is 1. The van der Waals surface area contributed by atoms with Crippen molar-refractivity contribution >= 4 is 23.3 Å². The van der Waals surface area contributed by atoms with Gasteiger partial charge in [-0.1, -0.05) is 23.7 Å². The summed E-state index contributed by atoms with van der Waals surface area (Å²) in [7, 11) is 0. The van der Waals surface area contributed by atoms with Crippen LogP contribution >= 0.6 is 11.6 Å². The van der Waals surface area contributed by atoms with E-state index in [1.807, 2.05) is 17.0 Å². The number of halogens is 7. The predicted molar refractivity (Wildman–Crippen MR) is 112 cm³/mol. The molecule has 0 aliphatic carbocycles. The maximum atomic E-state index is 13.0. The molecule has 1 fully saturated rings. The molecule has 2 aromatic carbocycles. The van der Waals surface area contributed by atoms with E-state index in [4.69, 9.17) is 17.3 Å². The number of rotatable bonds is 6. The third kappa shape index (κ3) is 6.28. The minimum atomic E-state index is -5.09. The first-order chi connectivity index (χ1) is 15.8. The number of hydrogen-bond acceptors (Lipinski definition) is 4. The Hall–Kier alpha value is -2.63. The molecule has 0 saturated carbocycles. The Balaban J connectivity index is 1.64. The second-order valence-corrected chi connectivity index (χ2v) is 8.36. The molecular formula is C22H20ClF6N3O2. The van der Waals surface area contributed by atoms with Gasteiger partial charge in [0.25, 0.3) is 5.91 Å². The Kier molecular flexibility index (Phi) is 7.59. The molecule has 1 aliphatic heterocycles. The lowest BCUT2D eigenvalue weighted by molar-refractivity contribution is -0.143. The van der Waals surface area contributed by atoms with Crippen LogP contribution in [0.1, 0.15) is 33.5 Å². The number of hydrogen-bond donors (Lipinski definition) is 2. The summed E-state index contributed by atoms with van der Waals surface area (Å²) in [5, 5.41) is 2.68. The predicted octanol–water partition coefficient (Wildman–Crippen LogP) is 4.48. The number of nitrogens with zero attached hydrogens (tertiary/aromatic N) is 1. The molecule has 0 bridgehead atoms. The Morgan fingerprint density at radius 3 is 2.09 bits per heavy atom. The summed E-state index contributed by atoms with van der Waals surface area (Å²) in [5.74, 6) is -2.35. The summed E-state index contributed by atoms with van der Waals surface area (Å²) >= 11 is 5.86. The van der Waals surface area contributed by atoms with Crippen molar-refractivity contribution < 1.29 is 35.9 Å². The third-order valence-electron chi connectivity index (χ3n) is 5.55. The minimum Gasteiger partial charge on any atom is -0.345 e. The maximum absolute atomic E-state index is 13.0. The van der Waals surface area contributed by atoms with Gasteiger partial charge in [-0.25, -0.2) is 0 Å². The van der Waals surface area contributed by atoms with Crippen LogP contribution in [0.3, 0.4) is 0 Å². The normalized spacial score (nSPS) is 19.3. The van der Waals surface area contributed by atoms with Crippen molar-refractivity contribution in [2.75, 3.05) is 13.1 Å². The van der Waals surface area contributed by atoms with Gasteiger partial charge in [-0.05, 0) is 42.3 Å². The van der Waals surface area contributed by atoms with Crippen LogP contribution in [0.4, 0.5) is 26.3 Å². The first kappa shape index (κ1) is 26.0. The van der Waals surface area contributed by atoms with E-state index >= 15 is 0 Å². The summed E-state index contributed by atoms with van der Waals surface area (Å²) < 4.78 is 78.0. The molecule has 1 saturated heterocycles. The average Bonchev–Trinajstić information content (AvgIpc) is 3.12. The smallest absolute Gasteiger partial charge is 0.345 e. The van der Waals surface area contributed by atoms with E-state index in [2.05, 4.69) is 5.32 Å². The molecule has 2 aromatic rings. The Morgan fingerprint density at radius 2 is 1.56 bits per heavy atom. The third-order valence-corrected chi connectivity index (χ3v) is 5.80. The molecular weight excluding hydrogens is 488 g/mol. The zero-order valence-electron chi connectivity index (χ0n) is 17.5. The fourth-order valence-electron chi connectivity index (χ4n) is 3.73. The van der Waals surface area contributed by atoms with Crippen LogP contribution in [0.5, 0.6) is 0 Å². The highest BCUT2D eigenvalue weighted by molar-refractivity contribution is 6.30. The standard InChI is InChI=1S/C22H20ClF6N3O2/c23-16-3-1-12(2-4-16)11-32-6-5-17(19(32)30)18(33)10-31-20(34)13-7-14(21(24,25)26)9-15(8-13)22(27,28)29/h1-4,7-9,17,19H,5-6,10-11,30H2,(H,31,34)/t17?,19-/m0/s1. The largest absolute Gasteiger partial charge is 0.416 e. The second kappa shape index (κ2) is 9.93. The van der Waals surface area contributed by atoms with Crippen molar-refractivity contribution in [1.29, 1.82) is 0 Å². The quantitative estimate of drug-likeness (QED) is 0.565. The van der Waals surface area contributed by atoms with Crippen LogP contribution in [0.15, 0.2) is 42.5 Å². The van der Waals surface area contributed by atoms with E-state index in [9.17, 15) is 35.9 Å². The van der Waals surface area contributed by atoms with Crippen molar-refractivity contribution in [3.8, 4) is 0 Å². The number of alkyl halides is 6. The molecule has 1 unspecified atom stereocenters. The maximum Gasteiger partial charge on any atom is 0.416 e. The van der Waals surface area contributed by atoms with Gasteiger partial charge in [0.05, 0.1) is 23.8 Å². The molecule has 1 amide bonds. The average molecular weight is 508 g/mol. The number of ketones is 1. The molecule has 3 rings (SSSR count). The summed E-state index contributed by atoms with van der Waals surface area (Å²) in [6.07, 6.45) is -10.4. The zero-order chi connectivity index (χ0) is 25.3. The molecule has 2 atom stereocenters. The highest BCUT2D eigenvalue weighted by atomic mass is 35.5. The van der Waals surface area contributed by atoms with Crippen LogP contribution in [0.25, 0.3) is 0 Å².